The minimum Gasteiger partial charge on any atom is -0.490 e. The Kier molecular flexibility index (Phi) is 7.06. The molecule has 3 aromatic rings. The summed E-state index contributed by atoms with van der Waals surface area (Å²) in [7, 11) is 1.39. The summed E-state index contributed by atoms with van der Waals surface area (Å²) in [5, 5.41) is 2.55. The molecule has 0 atom stereocenters. The highest BCUT2D eigenvalue weighted by Crippen LogP contribution is 2.25. The van der Waals surface area contributed by atoms with Crippen molar-refractivity contribution in [3.05, 3.63) is 89.5 Å². The molecule has 0 unspecified atom stereocenters. The topological polar surface area (TPSA) is 111 Å². The first-order chi connectivity index (χ1) is 16.9. The minimum absolute atomic E-state index is 0.171. The number of amides is 3. The van der Waals surface area contributed by atoms with E-state index in [-0.39, 0.29) is 29.9 Å². The van der Waals surface area contributed by atoms with Gasteiger partial charge >= 0.3 is 5.97 Å². The third kappa shape index (κ3) is 5.47. The van der Waals surface area contributed by atoms with Gasteiger partial charge in [0.05, 0.1) is 11.1 Å². The zero-order valence-corrected chi connectivity index (χ0v) is 18.9. The Hall–Kier alpha value is -4.66. The van der Waals surface area contributed by atoms with Crippen molar-refractivity contribution in [3.63, 3.8) is 0 Å². The number of carbonyl (C=O) groups is 4. The van der Waals surface area contributed by atoms with E-state index in [4.69, 9.17) is 14.2 Å². The lowest BCUT2D eigenvalue weighted by molar-refractivity contribution is -0.119. The number of rotatable bonds is 9. The Morgan fingerprint density at radius 3 is 2.31 bits per heavy atom. The van der Waals surface area contributed by atoms with Crippen LogP contribution in [0.4, 0.5) is 5.69 Å². The molecule has 4 rings (SSSR count). The monoisotopic (exact) mass is 474 g/mol. The molecule has 0 radical (unpaired) electrons. The fourth-order valence-corrected chi connectivity index (χ4v) is 3.43. The molecule has 3 amide bonds. The number of ether oxygens (including phenoxy) is 3. The molecule has 1 N–H and O–H groups in total. The summed E-state index contributed by atoms with van der Waals surface area (Å²) >= 11 is 0. The lowest BCUT2D eigenvalue weighted by atomic mass is 10.1. The van der Waals surface area contributed by atoms with Gasteiger partial charge in [-0.2, -0.15) is 0 Å². The Morgan fingerprint density at radius 1 is 0.829 bits per heavy atom. The van der Waals surface area contributed by atoms with Crippen LogP contribution in [0.1, 0.15) is 31.1 Å². The van der Waals surface area contributed by atoms with E-state index in [0.717, 1.165) is 4.90 Å². The second-order valence-corrected chi connectivity index (χ2v) is 7.56. The van der Waals surface area contributed by atoms with Crippen molar-refractivity contribution in [1.29, 1.82) is 0 Å². The SMILES string of the molecule is CN1C(=O)c2ccc(NC(=O)COC(=O)c3ccccc3OCCOc3ccccc3)cc2C1=O. The van der Waals surface area contributed by atoms with Gasteiger partial charge in [0.25, 0.3) is 17.7 Å². The maximum Gasteiger partial charge on any atom is 0.342 e. The van der Waals surface area contributed by atoms with E-state index < -0.39 is 30.3 Å². The fourth-order valence-electron chi connectivity index (χ4n) is 3.43. The second kappa shape index (κ2) is 10.5. The molecule has 0 fully saturated rings. The van der Waals surface area contributed by atoms with Gasteiger partial charge in [0, 0.05) is 12.7 Å². The molecule has 1 heterocycles. The Balaban J connectivity index is 1.29. The first-order valence-corrected chi connectivity index (χ1v) is 10.8. The van der Waals surface area contributed by atoms with Crippen LogP contribution in [0.2, 0.25) is 0 Å². The maximum atomic E-state index is 12.5. The highest BCUT2D eigenvalue weighted by Gasteiger charge is 2.32. The summed E-state index contributed by atoms with van der Waals surface area (Å²) in [4.78, 5) is 49.9. The largest absolute Gasteiger partial charge is 0.490 e. The molecule has 0 aliphatic carbocycles. The minimum atomic E-state index is -0.726. The quantitative estimate of drug-likeness (QED) is 0.288. The van der Waals surface area contributed by atoms with Crippen LogP contribution in [0.5, 0.6) is 11.5 Å². The summed E-state index contributed by atoms with van der Waals surface area (Å²) in [5.41, 5.74) is 0.954. The van der Waals surface area contributed by atoms with Crippen LogP contribution in [0.3, 0.4) is 0 Å². The molecule has 9 heteroatoms. The number of fused-ring (bicyclic) bond motifs is 1. The molecule has 35 heavy (non-hydrogen) atoms. The first-order valence-electron chi connectivity index (χ1n) is 10.8. The average Bonchev–Trinajstić information content (AvgIpc) is 3.09. The van der Waals surface area contributed by atoms with E-state index in [1.165, 1.54) is 31.3 Å². The zero-order chi connectivity index (χ0) is 24.8. The van der Waals surface area contributed by atoms with Gasteiger partial charge in [-0.3, -0.25) is 19.3 Å². The van der Waals surface area contributed by atoms with E-state index in [1.54, 1.807) is 18.2 Å². The number of imide groups is 1. The molecule has 0 spiro atoms. The molecule has 3 aromatic carbocycles. The van der Waals surface area contributed by atoms with Crippen LogP contribution in [-0.2, 0) is 9.53 Å². The number of benzene rings is 3. The predicted molar refractivity (Wildman–Crippen MR) is 126 cm³/mol. The number of hydrogen-bond acceptors (Lipinski definition) is 7. The predicted octanol–water partition coefficient (Wildman–Crippen LogP) is 3.17. The maximum absolute atomic E-state index is 12.5. The molecule has 1 aliphatic rings. The zero-order valence-electron chi connectivity index (χ0n) is 18.9. The van der Waals surface area contributed by atoms with Gasteiger partial charge in [-0.25, -0.2) is 4.79 Å². The number of carbonyl (C=O) groups excluding carboxylic acids is 4. The van der Waals surface area contributed by atoms with E-state index >= 15 is 0 Å². The average molecular weight is 474 g/mol. The fraction of sp³-hybridized carbons (Fsp3) is 0.154. The van der Waals surface area contributed by atoms with E-state index in [0.29, 0.717) is 17.2 Å². The van der Waals surface area contributed by atoms with Crippen molar-refractivity contribution in [3.8, 4) is 11.5 Å². The normalized spacial score (nSPS) is 12.2. The van der Waals surface area contributed by atoms with Crippen LogP contribution in [0.15, 0.2) is 72.8 Å². The molecule has 9 nitrogen and oxygen atoms in total. The highest BCUT2D eigenvalue weighted by molar-refractivity contribution is 6.21. The molecular formula is C26H22N2O7. The summed E-state index contributed by atoms with van der Waals surface area (Å²) in [6.45, 7) is -0.0664. The van der Waals surface area contributed by atoms with Crippen molar-refractivity contribution in [1.82, 2.24) is 4.90 Å². The van der Waals surface area contributed by atoms with Gasteiger partial charge in [0.15, 0.2) is 6.61 Å². The van der Waals surface area contributed by atoms with Gasteiger partial charge in [-0.1, -0.05) is 30.3 Å². The van der Waals surface area contributed by atoms with E-state index in [1.807, 2.05) is 30.3 Å². The van der Waals surface area contributed by atoms with Crippen LogP contribution < -0.4 is 14.8 Å². The number of hydrogen-bond donors (Lipinski definition) is 1. The second-order valence-electron chi connectivity index (χ2n) is 7.56. The number of para-hydroxylation sites is 2. The molecule has 0 aromatic heterocycles. The molecule has 0 saturated heterocycles. The van der Waals surface area contributed by atoms with Crippen molar-refractivity contribution in [2.45, 2.75) is 0 Å². The molecule has 178 valence electrons. The van der Waals surface area contributed by atoms with Crippen LogP contribution in [0.25, 0.3) is 0 Å². The third-order valence-electron chi connectivity index (χ3n) is 5.17. The number of esters is 1. The molecule has 0 bridgehead atoms. The summed E-state index contributed by atoms with van der Waals surface area (Å²) in [6, 6.07) is 20.2. The van der Waals surface area contributed by atoms with Gasteiger partial charge in [-0.05, 0) is 42.5 Å². The third-order valence-corrected chi connectivity index (χ3v) is 5.17. The molecule has 0 saturated carbocycles. The van der Waals surface area contributed by atoms with Crippen molar-refractivity contribution >= 4 is 29.4 Å². The molecular weight excluding hydrogens is 452 g/mol. The van der Waals surface area contributed by atoms with Gasteiger partial charge < -0.3 is 19.5 Å². The highest BCUT2D eigenvalue weighted by atomic mass is 16.5. The number of nitrogens with one attached hydrogen (secondary N) is 1. The lowest BCUT2D eigenvalue weighted by Crippen LogP contribution is -2.24. The number of nitrogens with zero attached hydrogens (tertiary/aromatic N) is 1. The standard InChI is InChI=1S/C26H22N2O7/c1-28-24(30)19-12-11-17(15-21(19)25(28)31)27-23(29)16-35-26(32)20-9-5-6-10-22(20)34-14-13-33-18-7-3-2-4-8-18/h2-12,15H,13-14,16H2,1H3,(H,27,29). The number of anilines is 1. The van der Waals surface area contributed by atoms with Gasteiger partial charge in [0.1, 0.15) is 30.3 Å². The lowest BCUT2D eigenvalue weighted by Gasteiger charge is -2.12. The summed E-state index contributed by atoms with van der Waals surface area (Å²) < 4.78 is 16.4. The molecule has 1 aliphatic heterocycles. The van der Waals surface area contributed by atoms with Crippen molar-refractivity contribution < 1.29 is 33.4 Å². The Labute approximate surface area is 201 Å². The van der Waals surface area contributed by atoms with Crippen molar-refractivity contribution in [2.24, 2.45) is 0 Å². The van der Waals surface area contributed by atoms with Crippen LogP contribution >= 0.6 is 0 Å². The van der Waals surface area contributed by atoms with Gasteiger partial charge in [-0.15, -0.1) is 0 Å². The van der Waals surface area contributed by atoms with Crippen molar-refractivity contribution in [2.75, 3.05) is 32.2 Å². The van der Waals surface area contributed by atoms with Crippen LogP contribution in [0, 0.1) is 0 Å². The summed E-state index contributed by atoms with van der Waals surface area (Å²) in [6.07, 6.45) is 0. The van der Waals surface area contributed by atoms with Gasteiger partial charge in [0.2, 0.25) is 0 Å². The Bertz CT molecular complexity index is 1270. The summed E-state index contributed by atoms with van der Waals surface area (Å²) in [5.74, 6) is -1.15. The Morgan fingerprint density at radius 2 is 1.51 bits per heavy atom. The first kappa shape index (κ1) is 23.5. The van der Waals surface area contributed by atoms with E-state index in [9.17, 15) is 19.2 Å². The smallest absolute Gasteiger partial charge is 0.342 e. The van der Waals surface area contributed by atoms with Crippen LogP contribution in [-0.4, -0.2) is 55.5 Å². The van der Waals surface area contributed by atoms with E-state index in [2.05, 4.69) is 5.32 Å².